The highest BCUT2D eigenvalue weighted by Gasteiger charge is 2.13. The monoisotopic (exact) mass is 319 g/mol. The van der Waals surface area contributed by atoms with Gasteiger partial charge in [0.2, 0.25) is 5.88 Å². The first-order valence-electron chi connectivity index (χ1n) is 6.27. The lowest BCUT2D eigenvalue weighted by molar-refractivity contribution is 0.461. The Morgan fingerprint density at radius 2 is 1.74 bits per heavy atom. The molecule has 2 nitrogen and oxygen atoms in total. The lowest BCUT2D eigenvalue weighted by Crippen LogP contribution is -2.10. The molecule has 2 rings (SSSR count). The molecular formula is C16H18BrNO. The zero-order chi connectivity index (χ0) is 14.0. The molecule has 0 fully saturated rings. The van der Waals surface area contributed by atoms with Crippen molar-refractivity contribution in [2.75, 3.05) is 0 Å². The van der Waals surface area contributed by atoms with Gasteiger partial charge in [-0.2, -0.15) is 0 Å². The third-order valence-electron chi connectivity index (χ3n) is 2.96. The Hall–Kier alpha value is -1.35. The van der Waals surface area contributed by atoms with Gasteiger partial charge in [-0.1, -0.05) is 32.9 Å². The van der Waals surface area contributed by atoms with Gasteiger partial charge in [-0.3, -0.25) is 0 Å². The van der Waals surface area contributed by atoms with Crippen LogP contribution in [0.4, 0.5) is 0 Å². The molecule has 0 saturated heterocycles. The van der Waals surface area contributed by atoms with E-state index in [4.69, 9.17) is 4.74 Å². The minimum absolute atomic E-state index is 0.158. The summed E-state index contributed by atoms with van der Waals surface area (Å²) in [7, 11) is 0. The minimum Gasteiger partial charge on any atom is -0.439 e. The first kappa shape index (κ1) is 14.1. The molecule has 1 aromatic heterocycles. The van der Waals surface area contributed by atoms with Gasteiger partial charge in [-0.05, 0) is 51.5 Å². The predicted molar refractivity (Wildman–Crippen MR) is 81.9 cm³/mol. The largest absolute Gasteiger partial charge is 0.439 e. The van der Waals surface area contributed by atoms with E-state index in [2.05, 4.69) is 53.8 Å². The number of aromatic nitrogens is 1. The standard InChI is InChI=1S/C16H18BrNO/c1-11-9-15(18-10-14(11)17)19-13-7-5-12(6-8-13)16(2,3)4/h5-10H,1-4H3. The normalized spacial score (nSPS) is 11.4. The van der Waals surface area contributed by atoms with Crippen molar-refractivity contribution in [2.45, 2.75) is 33.1 Å². The fraction of sp³-hybridized carbons (Fsp3) is 0.312. The van der Waals surface area contributed by atoms with Crippen LogP contribution in [-0.2, 0) is 5.41 Å². The molecule has 0 spiro atoms. The smallest absolute Gasteiger partial charge is 0.219 e. The summed E-state index contributed by atoms with van der Waals surface area (Å²) < 4.78 is 6.74. The Kier molecular flexibility index (Phi) is 3.95. The molecule has 0 aliphatic rings. The van der Waals surface area contributed by atoms with Crippen LogP contribution in [0, 0.1) is 6.92 Å². The lowest BCUT2D eigenvalue weighted by atomic mass is 9.87. The van der Waals surface area contributed by atoms with E-state index in [0.717, 1.165) is 15.8 Å². The minimum atomic E-state index is 0.158. The van der Waals surface area contributed by atoms with Gasteiger partial charge in [0.1, 0.15) is 5.75 Å². The Bertz CT molecular complexity index is 570. The van der Waals surface area contributed by atoms with Crippen LogP contribution in [-0.4, -0.2) is 4.98 Å². The molecule has 0 N–H and O–H groups in total. The number of ether oxygens (including phenoxy) is 1. The number of halogens is 1. The SMILES string of the molecule is Cc1cc(Oc2ccc(C(C)(C)C)cc2)ncc1Br. The van der Waals surface area contributed by atoms with Gasteiger partial charge in [0, 0.05) is 16.7 Å². The highest BCUT2D eigenvalue weighted by Crippen LogP contribution is 2.27. The maximum Gasteiger partial charge on any atom is 0.219 e. The average molecular weight is 320 g/mol. The summed E-state index contributed by atoms with van der Waals surface area (Å²) in [5, 5.41) is 0. The summed E-state index contributed by atoms with van der Waals surface area (Å²) in [4.78, 5) is 4.24. The molecule has 1 heterocycles. The van der Waals surface area contributed by atoms with Crippen molar-refractivity contribution in [1.82, 2.24) is 4.98 Å². The van der Waals surface area contributed by atoms with E-state index in [1.165, 1.54) is 5.56 Å². The molecule has 1 aromatic carbocycles. The Morgan fingerprint density at radius 3 is 2.26 bits per heavy atom. The number of aryl methyl sites for hydroxylation is 1. The number of benzene rings is 1. The van der Waals surface area contributed by atoms with Crippen LogP contribution in [0.1, 0.15) is 31.9 Å². The predicted octanol–water partition coefficient (Wildman–Crippen LogP) is 5.24. The van der Waals surface area contributed by atoms with E-state index in [0.29, 0.717) is 5.88 Å². The molecule has 0 aliphatic heterocycles. The maximum atomic E-state index is 5.75. The molecule has 0 unspecified atom stereocenters. The van der Waals surface area contributed by atoms with Crippen LogP contribution < -0.4 is 4.74 Å². The number of nitrogens with zero attached hydrogens (tertiary/aromatic N) is 1. The van der Waals surface area contributed by atoms with Crippen molar-refractivity contribution in [1.29, 1.82) is 0 Å². The summed E-state index contributed by atoms with van der Waals surface area (Å²) in [6.45, 7) is 8.61. The Labute approximate surface area is 123 Å². The molecule has 0 atom stereocenters. The second-order valence-corrected chi connectivity index (χ2v) is 6.50. The number of hydrogen-bond donors (Lipinski definition) is 0. The van der Waals surface area contributed by atoms with E-state index in [9.17, 15) is 0 Å². The van der Waals surface area contributed by atoms with Crippen molar-refractivity contribution >= 4 is 15.9 Å². The van der Waals surface area contributed by atoms with Crippen molar-refractivity contribution in [3.63, 3.8) is 0 Å². The van der Waals surface area contributed by atoms with E-state index in [1.807, 2.05) is 25.1 Å². The van der Waals surface area contributed by atoms with E-state index < -0.39 is 0 Å². The average Bonchev–Trinajstić information content (AvgIpc) is 2.33. The summed E-state index contributed by atoms with van der Waals surface area (Å²) in [5.41, 5.74) is 2.56. The van der Waals surface area contributed by atoms with Crippen LogP contribution in [0.3, 0.4) is 0 Å². The molecule has 100 valence electrons. The molecule has 0 radical (unpaired) electrons. The Morgan fingerprint density at radius 1 is 1.11 bits per heavy atom. The highest BCUT2D eigenvalue weighted by molar-refractivity contribution is 9.10. The lowest BCUT2D eigenvalue weighted by Gasteiger charge is -2.19. The number of hydrogen-bond acceptors (Lipinski definition) is 2. The molecule has 3 heteroatoms. The number of rotatable bonds is 2. The van der Waals surface area contributed by atoms with Gasteiger partial charge >= 0.3 is 0 Å². The molecular weight excluding hydrogens is 302 g/mol. The van der Waals surface area contributed by atoms with Crippen molar-refractivity contribution in [3.8, 4) is 11.6 Å². The van der Waals surface area contributed by atoms with Gasteiger partial charge in [0.15, 0.2) is 0 Å². The first-order chi connectivity index (χ1) is 8.86. The number of pyridine rings is 1. The highest BCUT2D eigenvalue weighted by atomic mass is 79.9. The summed E-state index contributed by atoms with van der Waals surface area (Å²) in [6.07, 6.45) is 1.76. The fourth-order valence-electron chi connectivity index (χ4n) is 1.71. The van der Waals surface area contributed by atoms with E-state index in [-0.39, 0.29) is 5.41 Å². The van der Waals surface area contributed by atoms with Gasteiger partial charge in [-0.25, -0.2) is 4.98 Å². The van der Waals surface area contributed by atoms with Gasteiger partial charge in [-0.15, -0.1) is 0 Å². The quantitative estimate of drug-likeness (QED) is 0.754. The third-order valence-corrected chi connectivity index (χ3v) is 3.79. The molecule has 0 bridgehead atoms. The second-order valence-electron chi connectivity index (χ2n) is 5.65. The van der Waals surface area contributed by atoms with Crippen molar-refractivity contribution < 1.29 is 4.74 Å². The van der Waals surface area contributed by atoms with Crippen LogP contribution in [0.15, 0.2) is 41.0 Å². The summed E-state index contributed by atoms with van der Waals surface area (Å²) >= 11 is 3.43. The first-order valence-corrected chi connectivity index (χ1v) is 7.06. The topological polar surface area (TPSA) is 22.1 Å². The van der Waals surface area contributed by atoms with Crippen LogP contribution in [0.25, 0.3) is 0 Å². The summed E-state index contributed by atoms with van der Waals surface area (Å²) in [6, 6.07) is 10.1. The maximum absolute atomic E-state index is 5.75. The Balaban J connectivity index is 2.17. The van der Waals surface area contributed by atoms with Crippen molar-refractivity contribution in [3.05, 3.63) is 52.1 Å². The molecule has 0 amide bonds. The van der Waals surface area contributed by atoms with Crippen LogP contribution >= 0.6 is 15.9 Å². The molecule has 19 heavy (non-hydrogen) atoms. The molecule has 0 aliphatic carbocycles. The van der Waals surface area contributed by atoms with Crippen LogP contribution in [0.2, 0.25) is 0 Å². The van der Waals surface area contributed by atoms with E-state index in [1.54, 1.807) is 6.20 Å². The zero-order valence-corrected chi connectivity index (χ0v) is 13.3. The van der Waals surface area contributed by atoms with Gasteiger partial charge in [0.05, 0.1) is 0 Å². The van der Waals surface area contributed by atoms with Gasteiger partial charge < -0.3 is 4.74 Å². The molecule has 2 aromatic rings. The second kappa shape index (κ2) is 5.33. The van der Waals surface area contributed by atoms with Crippen LogP contribution in [0.5, 0.6) is 11.6 Å². The fourth-order valence-corrected chi connectivity index (χ4v) is 1.93. The third kappa shape index (κ3) is 3.57. The molecule has 0 saturated carbocycles. The zero-order valence-electron chi connectivity index (χ0n) is 11.7. The van der Waals surface area contributed by atoms with Gasteiger partial charge in [0.25, 0.3) is 0 Å². The van der Waals surface area contributed by atoms with Crippen molar-refractivity contribution in [2.24, 2.45) is 0 Å². The summed E-state index contributed by atoms with van der Waals surface area (Å²) in [5.74, 6) is 1.42. The van der Waals surface area contributed by atoms with E-state index >= 15 is 0 Å².